The summed E-state index contributed by atoms with van der Waals surface area (Å²) in [6.07, 6.45) is 2.40. The smallest absolute Gasteiger partial charge is 0.224 e. The zero-order chi connectivity index (χ0) is 14.5. The maximum absolute atomic E-state index is 12.2. The van der Waals surface area contributed by atoms with Gasteiger partial charge in [-0.05, 0) is 44.5 Å². The van der Waals surface area contributed by atoms with E-state index in [2.05, 4.69) is 17.6 Å². The number of carbonyl (C=O) groups is 1. The normalized spacial score (nSPS) is 21.3. The number of carbonyl (C=O) groups excluding carboxylic acids is 1. The Kier molecular flexibility index (Phi) is 7.29. The SMILES string of the molecule is COc1ccc(Cl)cc1CC(=O)NC1CCCNC1C.Cl. The van der Waals surface area contributed by atoms with Crippen molar-refractivity contribution in [3.8, 4) is 5.75 Å². The number of rotatable bonds is 4. The zero-order valence-electron chi connectivity index (χ0n) is 12.3. The number of piperidine rings is 1. The van der Waals surface area contributed by atoms with Crippen molar-refractivity contribution in [3.05, 3.63) is 28.8 Å². The summed E-state index contributed by atoms with van der Waals surface area (Å²) < 4.78 is 5.26. The van der Waals surface area contributed by atoms with Crippen LogP contribution in [0.1, 0.15) is 25.3 Å². The topological polar surface area (TPSA) is 50.4 Å². The van der Waals surface area contributed by atoms with E-state index in [-0.39, 0.29) is 30.8 Å². The molecule has 1 aromatic carbocycles. The number of benzene rings is 1. The van der Waals surface area contributed by atoms with Crippen LogP contribution in [0.25, 0.3) is 0 Å². The van der Waals surface area contributed by atoms with Crippen molar-refractivity contribution in [2.75, 3.05) is 13.7 Å². The Morgan fingerprint density at radius 2 is 2.29 bits per heavy atom. The third-order valence-electron chi connectivity index (χ3n) is 3.70. The molecule has 0 radical (unpaired) electrons. The standard InChI is InChI=1S/C15H21ClN2O2.ClH/c1-10-13(4-3-7-17-10)18-15(19)9-11-8-12(16)5-6-14(11)20-2;/h5-6,8,10,13,17H,3-4,7,9H2,1-2H3,(H,18,19);1H. The van der Waals surface area contributed by atoms with Crippen LogP contribution in [0.2, 0.25) is 5.02 Å². The predicted molar refractivity (Wildman–Crippen MR) is 87.6 cm³/mol. The van der Waals surface area contributed by atoms with E-state index in [1.807, 2.05) is 0 Å². The fourth-order valence-corrected chi connectivity index (χ4v) is 2.75. The van der Waals surface area contributed by atoms with Crippen LogP contribution < -0.4 is 15.4 Å². The highest BCUT2D eigenvalue weighted by Crippen LogP contribution is 2.23. The first-order valence-electron chi connectivity index (χ1n) is 6.95. The van der Waals surface area contributed by atoms with Crippen molar-refractivity contribution in [1.82, 2.24) is 10.6 Å². The number of halogens is 2. The van der Waals surface area contributed by atoms with E-state index in [1.165, 1.54) is 0 Å². The van der Waals surface area contributed by atoms with Gasteiger partial charge in [-0.15, -0.1) is 12.4 Å². The van der Waals surface area contributed by atoms with Crippen molar-refractivity contribution in [3.63, 3.8) is 0 Å². The first-order valence-corrected chi connectivity index (χ1v) is 7.33. The fourth-order valence-electron chi connectivity index (χ4n) is 2.56. The highest BCUT2D eigenvalue weighted by molar-refractivity contribution is 6.30. The van der Waals surface area contributed by atoms with E-state index in [9.17, 15) is 4.79 Å². The maximum atomic E-state index is 12.2. The first-order chi connectivity index (χ1) is 9.60. The minimum absolute atomic E-state index is 0. The van der Waals surface area contributed by atoms with Gasteiger partial charge in [0.15, 0.2) is 0 Å². The van der Waals surface area contributed by atoms with E-state index in [1.54, 1.807) is 25.3 Å². The number of methoxy groups -OCH3 is 1. The summed E-state index contributed by atoms with van der Waals surface area (Å²) in [6.45, 7) is 3.12. The average Bonchev–Trinajstić information content (AvgIpc) is 2.41. The Balaban J connectivity index is 0.00000220. The Bertz CT molecular complexity index is 483. The molecular weight excluding hydrogens is 311 g/mol. The van der Waals surface area contributed by atoms with Crippen molar-refractivity contribution < 1.29 is 9.53 Å². The molecule has 6 heteroatoms. The van der Waals surface area contributed by atoms with Crippen LogP contribution in [0.5, 0.6) is 5.75 Å². The molecule has 1 amide bonds. The molecule has 1 aliphatic heterocycles. The van der Waals surface area contributed by atoms with Gasteiger partial charge in [0.1, 0.15) is 5.75 Å². The predicted octanol–water partition coefficient (Wildman–Crippen LogP) is 2.57. The second-order valence-corrected chi connectivity index (χ2v) is 5.63. The van der Waals surface area contributed by atoms with Crippen molar-refractivity contribution in [2.45, 2.75) is 38.3 Å². The lowest BCUT2D eigenvalue weighted by atomic mass is 9.99. The lowest BCUT2D eigenvalue weighted by molar-refractivity contribution is -0.121. The highest BCUT2D eigenvalue weighted by Gasteiger charge is 2.22. The van der Waals surface area contributed by atoms with Gasteiger partial charge in [0, 0.05) is 22.7 Å². The van der Waals surface area contributed by atoms with Crippen molar-refractivity contribution in [2.24, 2.45) is 0 Å². The van der Waals surface area contributed by atoms with Crippen LogP contribution in [0.15, 0.2) is 18.2 Å². The molecule has 118 valence electrons. The van der Waals surface area contributed by atoms with E-state index >= 15 is 0 Å². The molecule has 2 atom stereocenters. The van der Waals surface area contributed by atoms with Gasteiger partial charge in [0.05, 0.1) is 13.5 Å². The molecule has 0 spiro atoms. The van der Waals surface area contributed by atoms with Gasteiger partial charge in [-0.2, -0.15) is 0 Å². The van der Waals surface area contributed by atoms with Gasteiger partial charge in [0.25, 0.3) is 0 Å². The zero-order valence-corrected chi connectivity index (χ0v) is 13.9. The molecule has 1 heterocycles. The Hall–Kier alpha value is -0.970. The lowest BCUT2D eigenvalue weighted by Gasteiger charge is -2.30. The number of amides is 1. The molecule has 0 bridgehead atoms. The molecule has 2 unspecified atom stereocenters. The van der Waals surface area contributed by atoms with E-state index in [0.717, 1.165) is 24.9 Å². The molecule has 21 heavy (non-hydrogen) atoms. The van der Waals surface area contributed by atoms with Gasteiger partial charge < -0.3 is 15.4 Å². The molecule has 0 aromatic heterocycles. The molecule has 2 rings (SSSR count). The molecule has 0 aliphatic carbocycles. The van der Waals surface area contributed by atoms with Gasteiger partial charge in [0.2, 0.25) is 5.91 Å². The highest BCUT2D eigenvalue weighted by atomic mass is 35.5. The van der Waals surface area contributed by atoms with Crippen LogP contribution >= 0.6 is 24.0 Å². The van der Waals surface area contributed by atoms with Crippen LogP contribution in [-0.4, -0.2) is 31.6 Å². The lowest BCUT2D eigenvalue weighted by Crippen LogP contribution is -2.52. The summed E-state index contributed by atoms with van der Waals surface area (Å²) >= 11 is 5.98. The van der Waals surface area contributed by atoms with Crippen LogP contribution in [0.4, 0.5) is 0 Å². The minimum atomic E-state index is 0. The quantitative estimate of drug-likeness (QED) is 0.890. The van der Waals surface area contributed by atoms with Gasteiger partial charge in [-0.3, -0.25) is 4.79 Å². The van der Waals surface area contributed by atoms with Crippen LogP contribution in [0, 0.1) is 0 Å². The summed E-state index contributed by atoms with van der Waals surface area (Å²) in [6, 6.07) is 5.84. The summed E-state index contributed by atoms with van der Waals surface area (Å²) in [5.41, 5.74) is 0.814. The monoisotopic (exact) mass is 332 g/mol. The first kappa shape index (κ1) is 18.1. The molecule has 1 saturated heterocycles. The van der Waals surface area contributed by atoms with E-state index < -0.39 is 0 Å². The maximum Gasteiger partial charge on any atom is 0.224 e. The molecule has 1 fully saturated rings. The number of ether oxygens (including phenoxy) is 1. The summed E-state index contributed by atoms with van der Waals surface area (Å²) in [4.78, 5) is 12.2. The second-order valence-electron chi connectivity index (χ2n) is 5.19. The number of nitrogens with one attached hydrogen (secondary N) is 2. The number of hydrogen-bond donors (Lipinski definition) is 2. The third kappa shape index (κ3) is 5.06. The number of hydrogen-bond acceptors (Lipinski definition) is 3. The van der Waals surface area contributed by atoms with Crippen LogP contribution in [-0.2, 0) is 11.2 Å². The molecule has 0 saturated carbocycles. The van der Waals surface area contributed by atoms with E-state index in [4.69, 9.17) is 16.3 Å². The van der Waals surface area contributed by atoms with E-state index in [0.29, 0.717) is 16.8 Å². The molecule has 1 aliphatic rings. The summed E-state index contributed by atoms with van der Waals surface area (Å²) in [7, 11) is 1.60. The van der Waals surface area contributed by atoms with Crippen molar-refractivity contribution >= 4 is 29.9 Å². The molecule has 4 nitrogen and oxygen atoms in total. The Labute approximate surface area is 137 Å². The summed E-state index contributed by atoms with van der Waals surface area (Å²) in [5, 5.41) is 7.07. The Morgan fingerprint density at radius 1 is 1.52 bits per heavy atom. The molecule has 2 N–H and O–H groups in total. The average molecular weight is 333 g/mol. The molecular formula is C15H22Cl2N2O2. The van der Waals surface area contributed by atoms with Gasteiger partial charge in [-0.25, -0.2) is 0 Å². The fraction of sp³-hybridized carbons (Fsp3) is 0.533. The second kappa shape index (κ2) is 8.47. The largest absolute Gasteiger partial charge is 0.496 e. The molecule has 1 aromatic rings. The van der Waals surface area contributed by atoms with Crippen molar-refractivity contribution in [1.29, 1.82) is 0 Å². The van der Waals surface area contributed by atoms with Gasteiger partial charge in [-0.1, -0.05) is 11.6 Å². The Morgan fingerprint density at radius 3 is 2.95 bits per heavy atom. The third-order valence-corrected chi connectivity index (χ3v) is 3.94. The van der Waals surface area contributed by atoms with Crippen LogP contribution in [0.3, 0.4) is 0 Å². The minimum Gasteiger partial charge on any atom is -0.496 e. The van der Waals surface area contributed by atoms with Gasteiger partial charge >= 0.3 is 0 Å². The summed E-state index contributed by atoms with van der Waals surface area (Å²) in [5.74, 6) is 0.700.